The van der Waals surface area contributed by atoms with Gasteiger partial charge in [-0.3, -0.25) is 9.59 Å². The van der Waals surface area contributed by atoms with E-state index in [-0.39, 0.29) is 18.4 Å². The lowest BCUT2D eigenvalue weighted by atomic mass is 9.97. The molecule has 0 radical (unpaired) electrons. The molecule has 2 unspecified atom stereocenters. The van der Waals surface area contributed by atoms with Gasteiger partial charge in [-0.1, -0.05) is 24.1 Å². The highest BCUT2D eigenvalue weighted by molar-refractivity contribution is 6.39. The van der Waals surface area contributed by atoms with Gasteiger partial charge < -0.3 is 15.7 Å². The van der Waals surface area contributed by atoms with Crippen molar-refractivity contribution >= 4 is 17.5 Å². The first-order valence-electron chi connectivity index (χ1n) is 7.37. The fraction of sp³-hybridized carbons (Fsp3) is 0.500. The number of hydrogen-bond donors (Lipinski definition) is 3. The van der Waals surface area contributed by atoms with Crippen LogP contribution in [0.15, 0.2) is 24.3 Å². The summed E-state index contributed by atoms with van der Waals surface area (Å²) in [5.74, 6) is -0.770. The average molecular weight is 290 g/mol. The quantitative estimate of drug-likeness (QED) is 0.735. The third-order valence-electron chi connectivity index (χ3n) is 4.09. The predicted octanol–water partition coefficient (Wildman–Crippen LogP) is 1.46. The minimum atomic E-state index is -0.655. The highest BCUT2D eigenvalue weighted by Gasteiger charge is 2.27. The molecule has 0 spiro atoms. The van der Waals surface area contributed by atoms with Gasteiger partial charge >= 0.3 is 11.8 Å². The Morgan fingerprint density at radius 1 is 1.14 bits per heavy atom. The van der Waals surface area contributed by atoms with Gasteiger partial charge in [-0.2, -0.15) is 0 Å². The van der Waals surface area contributed by atoms with Crippen LogP contribution in [-0.2, 0) is 9.59 Å². The highest BCUT2D eigenvalue weighted by Crippen LogP contribution is 2.30. The Morgan fingerprint density at radius 3 is 2.48 bits per heavy atom. The molecular formula is C16H22N2O3. The molecule has 114 valence electrons. The molecule has 0 aliphatic heterocycles. The second kappa shape index (κ2) is 7.22. The third kappa shape index (κ3) is 4.29. The number of anilines is 1. The SMILES string of the molecule is Cc1ccc(NC(=O)C(=O)NCC2CCCC2CO)cc1. The summed E-state index contributed by atoms with van der Waals surface area (Å²) in [7, 11) is 0. The van der Waals surface area contributed by atoms with Crippen LogP contribution in [0, 0.1) is 18.8 Å². The molecule has 1 aliphatic carbocycles. The number of amides is 2. The fourth-order valence-corrected chi connectivity index (χ4v) is 2.75. The number of rotatable bonds is 4. The molecule has 0 saturated heterocycles. The maximum atomic E-state index is 11.8. The summed E-state index contributed by atoms with van der Waals surface area (Å²) < 4.78 is 0. The van der Waals surface area contributed by atoms with E-state index in [1.165, 1.54) is 0 Å². The van der Waals surface area contributed by atoms with Crippen molar-refractivity contribution in [2.24, 2.45) is 11.8 Å². The molecule has 0 aromatic heterocycles. The zero-order chi connectivity index (χ0) is 15.2. The van der Waals surface area contributed by atoms with Gasteiger partial charge in [0.2, 0.25) is 0 Å². The summed E-state index contributed by atoms with van der Waals surface area (Å²) in [6.45, 7) is 2.55. The summed E-state index contributed by atoms with van der Waals surface area (Å²) >= 11 is 0. The Bertz CT molecular complexity index is 499. The van der Waals surface area contributed by atoms with Gasteiger partial charge in [-0.05, 0) is 43.7 Å². The van der Waals surface area contributed by atoms with Gasteiger partial charge in [-0.15, -0.1) is 0 Å². The molecule has 1 saturated carbocycles. The predicted molar refractivity (Wildman–Crippen MR) is 80.7 cm³/mol. The number of nitrogens with one attached hydrogen (secondary N) is 2. The van der Waals surface area contributed by atoms with Crippen LogP contribution >= 0.6 is 0 Å². The van der Waals surface area contributed by atoms with Crippen molar-refractivity contribution in [1.82, 2.24) is 5.32 Å². The van der Waals surface area contributed by atoms with Gasteiger partial charge in [-0.25, -0.2) is 0 Å². The number of carbonyl (C=O) groups is 2. The monoisotopic (exact) mass is 290 g/mol. The molecule has 5 nitrogen and oxygen atoms in total. The van der Waals surface area contributed by atoms with E-state index in [1.54, 1.807) is 12.1 Å². The van der Waals surface area contributed by atoms with E-state index in [1.807, 2.05) is 19.1 Å². The molecular weight excluding hydrogens is 268 g/mol. The lowest BCUT2D eigenvalue weighted by molar-refractivity contribution is -0.136. The Hall–Kier alpha value is -1.88. The number of hydrogen-bond acceptors (Lipinski definition) is 3. The van der Waals surface area contributed by atoms with Crippen LogP contribution in [0.4, 0.5) is 5.69 Å². The van der Waals surface area contributed by atoms with Crippen LogP contribution in [0.5, 0.6) is 0 Å². The minimum Gasteiger partial charge on any atom is -0.396 e. The third-order valence-corrected chi connectivity index (χ3v) is 4.09. The Balaban J connectivity index is 1.80. The molecule has 2 amide bonds. The van der Waals surface area contributed by atoms with Crippen LogP contribution in [0.2, 0.25) is 0 Å². The molecule has 0 heterocycles. The zero-order valence-electron chi connectivity index (χ0n) is 12.3. The van der Waals surface area contributed by atoms with E-state index >= 15 is 0 Å². The molecule has 2 rings (SSSR count). The fourth-order valence-electron chi connectivity index (χ4n) is 2.75. The summed E-state index contributed by atoms with van der Waals surface area (Å²) in [6.07, 6.45) is 3.05. The summed E-state index contributed by atoms with van der Waals surface area (Å²) in [5.41, 5.74) is 1.70. The number of carbonyl (C=O) groups excluding carboxylic acids is 2. The van der Waals surface area contributed by atoms with E-state index in [9.17, 15) is 14.7 Å². The molecule has 5 heteroatoms. The van der Waals surface area contributed by atoms with E-state index in [4.69, 9.17) is 0 Å². The van der Waals surface area contributed by atoms with Crippen molar-refractivity contribution in [3.63, 3.8) is 0 Å². The molecule has 3 N–H and O–H groups in total. The maximum absolute atomic E-state index is 11.8. The molecule has 0 bridgehead atoms. The first kappa shape index (κ1) is 15.5. The van der Waals surface area contributed by atoms with Gasteiger partial charge in [0.15, 0.2) is 0 Å². The van der Waals surface area contributed by atoms with Gasteiger partial charge in [0.05, 0.1) is 0 Å². The Kier molecular flexibility index (Phi) is 5.33. The Labute approximate surface area is 124 Å². The number of aliphatic hydroxyl groups is 1. The number of aliphatic hydroxyl groups excluding tert-OH is 1. The lowest BCUT2D eigenvalue weighted by Crippen LogP contribution is -2.39. The maximum Gasteiger partial charge on any atom is 0.313 e. The van der Waals surface area contributed by atoms with E-state index in [0.29, 0.717) is 12.2 Å². The highest BCUT2D eigenvalue weighted by atomic mass is 16.3. The minimum absolute atomic E-state index is 0.149. The molecule has 1 aromatic carbocycles. The molecule has 2 atom stereocenters. The number of benzene rings is 1. The van der Waals surface area contributed by atoms with Crippen LogP contribution in [0.1, 0.15) is 24.8 Å². The van der Waals surface area contributed by atoms with E-state index in [0.717, 1.165) is 24.8 Å². The van der Waals surface area contributed by atoms with Crippen LogP contribution < -0.4 is 10.6 Å². The van der Waals surface area contributed by atoms with E-state index in [2.05, 4.69) is 10.6 Å². The average Bonchev–Trinajstić information content (AvgIpc) is 2.94. The van der Waals surface area contributed by atoms with Crippen LogP contribution in [0.25, 0.3) is 0 Å². The molecule has 1 aromatic rings. The van der Waals surface area contributed by atoms with Crippen molar-refractivity contribution in [1.29, 1.82) is 0 Å². The first-order chi connectivity index (χ1) is 10.1. The summed E-state index contributed by atoms with van der Waals surface area (Å²) in [5, 5.41) is 14.5. The first-order valence-corrected chi connectivity index (χ1v) is 7.37. The van der Waals surface area contributed by atoms with Crippen molar-refractivity contribution in [2.45, 2.75) is 26.2 Å². The van der Waals surface area contributed by atoms with Crippen molar-refractivity contribution in [3.8, 4) is 0 Å². The van der Waals surface area contributed by atoms with Gasteiger partial charge in [0.1, 0.15) is 0 Å². The second-order valence-electron chi connectivity index (χ2n) is 5.66. The molecule has 1 aliphatic rings. The van der Waals surface area contributed by atoms with Crippen molar-refractivity contribution in [2.75, 3.05) is 18.5 Å². The van der Waals surface area contributed by atoms with Gasteiger partial charge in [0.25, 0.3) is 0 Å². The lowest BCUT2D eigenvalue weighted by Gasteiger charge is -2.17. The standard InChI is InChI=1S/C16H22N2O3/c1-11-5-7-14(8-6-11)18-16(21)15(20)17-9-12-3-2-4-13(12)10-19/h5-8,12-13,19H,2-4,9-10H2,1H3,(H,17,20)(H,18,21). The smallest absolute Gasteiger partial charge is 0.313 e. The van der Waals surface area contributed by atoms with Crippen LogP contribution in [-0.4, -0.2) is 30.1 Å². The van der Waals surface area contributed by atoms with Crippen molar-refractivity contribution < 1.29 is 14.7 Å². The summed E-state index contributed by atoms with van der Waals surface area (Å²) in [4.78, 5) is 23.6. The zero-order valence-corrected chi connectivity index (χ0v) is 12.3. The Morgan fingerprint density at radius 2 is 1.81 bits per heavy atom. The number of aryl methyl sites for hydroxylation is 1. The molecule has 1 fully saturated rings. The molecule has 21 heavy (non-hydrogen) atoms. The van der Waals surface area contributed by atoms with E-state index < -0.39 is 11.8 Å². The van der Waals surface area contributed by atoms with Crippen LogP contribution in [0.3, 0.4) is 0 Å². The second-order valence-corrected chi connectivity index (χ2v) is 5.66. The normalized spacial score (nSPS) is 21.0. The largest absolute Gasteiger partial charge is 0.396 e. The van der Waals surface area contributed by atoms with Gasteiger partial charge in [0, 0.05) is 18.8 Å². The van der Waals surface area contributed by atoms with Crippen molar-refractivity contribution in [3.05, 3.63) is 29.8 Å². The topological polar surface area (TPSA) is 78.4 Å². The summed E-state index contributed by atoms with van der Waals surface area (Å²) in [6, 6.07) is 7.27.